The van der Waals surface area contributed by atoms with Crippen LogP contribution in [0.5, 0.6) is 11.5 Å². The third-order valence-electron chi connectivity index (χ3n) is 4.94. The van der Waals surface area contributed by atoms with E-state index in [0.29, 0.717) is 34.9 Å². The first-order chi connectivity index (χ1) is 15.7. The van der Waals surface area contributed by atoms with Crippen molar-refractivity contribution in [3.63, 3.8) is 0 Å². The summed E-state index contributed by atoms with van der Waals surface area (Å²) in [5.74, 6) is -0.0219. The molecule has 33 heavy (non-hydrogen) atoms. The quantitative estimate of drug-likeness (QED) is 0.398. The van der Waals surface area contributed by atoms with Crippen LogP contribution in [0.4, 0.5) is 13.2 Å². The lowest BCUT2D eigenvalue weighted by Gasteiger charge is -2.20. The van der Waals surface area contributed by atoms with Gasteiger partial charge in [-0.25, -0.2) is 9.78 Å². The second-order valence-corrected chi connectivity index (χ2v) is 7.53. The molecule has 0 aliphatic carbocycles. The van der Waals surface area contributed by atoms with Gasteiger partial charge in [0.15, 0.2) is 6.61 Å². The summed E-state index contributed by atoms with van der Waals surface area (Å²) >= 11 is 0. The summed E-state index contributed by atoms with van der Waals surface area (Å²) in [6, 6.07) is 15.4. The van der Waals surface area contributed by atoms with Crippen LogP contribution in [0.3, 0.4) is 0 Å². The average Bonchev–Trinajstić information content (AvgIpc) is 2.78. The zero-order valence-corrected chi connectivity index (χ0v) is 18.2. The summed E-state index contributed by atoms with van der Waals surface area (Å²) in [5.41, 5.74) is 1.82. The number of benzene rings is 2. The molecule has 3 rings (SSSR count). The number of carbonyl (C=O) groups is 1. The summed E-state index contributed by atoms with van der Waals surface area (Å²) in [4.78, 5) is 15.4. The van der Waals surface area contributed by atoms with Gasteiger partial charge < -0.3 is 14.6 Å². The minimum Gasteiger partial charge on any atom is -0.484 e. The number of rotatable bonds is 9. The van der Waals surface area contributed by atoms with E-state index in [0.717, 1.165) is 24.1 Å². The predicted octanol–water partition coefficient (Wildman–Crippen LogP) is 6.46. The van der Waals surface area contributed by atoms with Gasteiger partial charge in [-0.3, -0.25) is 0 Å². The Bertz CT molecular complexity index is 1100. The maximum Gasteiger partial charge on any atom is 0.416 e. The zero-order valence-electron chi connectivity index (χ0n) is 18.2. The zero-order chi connectivity index (χ0) is 24.0. The normalized spacial score (nSPS) is 12.3. The Kier molecular flexibility index (Phi) is 7.58. The SMILES string of the molecule is CCCC(Oc1ccc(OCC(=O)O)c(C)c1)c1cccc(-c2ccc(C(F)(F)F)cc2)n1. The van der Waals surface area contributed by atoms with Gasteiger partial charge >= 0.3 is 12.1 Å². The van der Waals surface area contributed by atoms with Gasteiger partial charge in [-0.1, -0.05) is 31.5 Å². The Morgan fingerprint density at radius 2 is 1.82 bits per heavy atom. The molecule has 1 heterocycles. The monoisotopic (exact) mass is 459 g/mol. The predicted molar refractivity (Wildman–Crippen MR) is 117 cm³/mol. The van der Waals surface area contributed by atoms with Crippen molar-refractivity contribution in [3.05, 3.63) is 77.5 Å². The lowest BCUT2D eigenvalue weighted by atomic mass is 10.1. The molecule has 174 valence electrons. The molecule has 0 bridgehead atoms. The van der Waals surface area contributed by atoms with Crippen molar-refractivity contribution >= 4 is 5.97 Å². The fourth-order valence-electron chi connectivity index (χ4n) is 3.31. The van der Waals surface area contributed by atoms with Crippen LogP contribution >= 0.6 is 0 Å². The van der Waals surface area contributed by atoms with Crippen LogP contribution in [-0.4, -0.2) is 22.7 Å². The van der Waals surface area contributed by atoms with E-state index in [-0.39, 0.29) is 6.10 Å². The van der Waals surface area contributed by atoms with Gasteiger partial charge in [0, 0.05) is 5.56 Å². The van der Waals surface area contributed by atoms with Crippen molar-refractivity contribution in [1.82, 2.24) is 4.98 Å². The minimum absolute atomic E-state index is 0.366. The van der Waals surface area contributed by atoms with Gasteiger partial charge in [0.1, 0.15) is 17.6 Å². The lowest BCUT2D eigenvalue weighted by Crippen LogP contribution is -2.11. The van der Waals surface area contributed by atoms with E-state index in [4.69, 9.17) is 14.6 Å². The molecule has 0 aliphatic rings. The molecule has 3 aromatic rings. The fraction of sp³-hybridized carbons (Fsp3) is 0.280. The number of nitrogens with zero attached hydrogens (tertiary/aromatic N) is 1. The van der Waals surface area contributed by atoms with Crippen molar-refractivity contribution < 1.29 is 32.5 Å². The van der Waals surface area contributed by atoms with E-state index >= 15 is 0 Å². The van der Waals surface area contributed by atoms with Gasteiger partial charge in [0.2, 0.25) is 0 Å². The summed E-state index contributed by atoms with van der Waals surface area (Å²) in [5, 5.41) is 8.77. The molecule has 1 N–H and O–H groups in total. The third-order valence-corrected chi connectivity index (χ3v) is 4.94. The number of pyridine rings is 1. The summed E-state index contributed by atoms with van der Waals surface area (Å²) < 4.78 is 50.0. The Morgan fingerprint density at radius 3 is 2.42 bits per heavy atom. The van der Waals surface area contributed by atoms with Crippen LogP contribution in [0.15, 0.2) is 60.7 Å². The van der Waals surface area contributed by atoms with Crippen molar-refractivity contribution in [2.24, 2.45) is 0 Å². The molecule has 0 saturated carbocycles. The minimum atomic E-state index is -4.39. The first-order valence-electron chi connectivity index (χ1n) is 10.4. The molecule has 0 spiro atoms. The number of halogens is 3. The number of alkyl halides is 3. The van der Waals surface area contributed by atoms with Crippen LogP contribution in [-0.2, 0) is 11.0 Å². The number of carboxylic acids is 1. The number of aliphatic carboxylic acids is 1. The highest BCUT2D eigenvalue weighted by Gasteiger charge is 2.30. The summed E-state index contributed by atoms with van der Waals surface area (Å²) in [7, 11) is 0. The highest BCUT2D eigenvalue weighted by Crippen LogP contribution is 2.32. The Balaban J connectivity index is 1.81. The number of aromatic nitrogens is 1. The van der Waals surface area contributed by atoms with Crippen molar-refractivity contribution in [1.29, 1.82) is 0 Å². The van der Waals surface area contributed by atoms with Crippen LogP contribution in [0.2, 0.25) is 0 Å². The molecule has 0 radical (unpaired) electrons. The van der Waals surface area contributed by atoms with Gasteiger partial charge in [0.25, 0.3) is 0 Å². The standard InChI is InChI=1S/C25H24F3NO4/c1-3-5-23(33-19-12-13-22(16(2)14-19)32-15-24(30)31)21-7-4-6-20(29-21)17-8-10-18(11-9-17)25(26,27)28/h4,6-14,23H,3,5,15H2,1-2H3,(H,30,31). The van der Waals surface area contributed by atoms with E-state index < -0.39 is 24.3 Å². The second kappa shape index (κ2) is 10.4. The molecular weight excluding hydrogens is 435 g/mol. The summed E-state index contributed by atoms with van der Waals surface area (Å²) in [6.07, 6.45) is -3.25. The largest absolute Gasteiger partial charge is 0.484 e. The van der Waals surface area contributed by atoms with Gasteiger partial charge in [-0.05, 0) is 61.4 Å². The number of hydrogen-bond donors (Lipinski definition) is 1. The molecular formula is C25H24F3NO4. The van der Waals surface area contributed by atoms with E-state index in [1.807, 2.05) is 13.0 Å². The van der Waals surface area contributed by atoms with Crippen LogP contribution in [0.25, 0.3) is 11.3 Å². The molecule has 0 saturated heterocycles. The van der Waals surface area contributed by atoms with Crippen molar-refractivity contribution in [2.45, 2.75) is 39.0 Å². The molecule has 0 aliphatic heterocycles. The molecule has 1 aromatic heterocycles. The topological polar surface area (TPSA) is 68.7 Å². The fourth-order valence-corrected chi connectivity index (χ4v) is 3.31. The van der Waals surface area contributed by atoms with E-state index in [1.54, 1.807) is 37.3 Å². The average molecular weight is 459 g/mol. The van der Waals surface area contributed by atoms with Crippen LogP contribution in [0.1, 0.15) is 42.7 Å². The molecule has 5 nitrogen and oxygen atoms in total. The van der Waals surface area contributed by atoms with Crippen LogP contribution < -0.4 is 9.47 Å². The summed E-state index contributed by atoms with van der Waals surface area (Å²) in [6.45, 7) is 3.38. The van der Waals surface area contributed by atoms with Crippen LogP contribution in [0, 0.1) is 6.92 Å². The molecule has 8 heteroatoms. The highest BCUT2D eigenvalue weighted by atomic mass is 19.4. The number of ether oxygens (including phenoxy) is 2. The van der Waals surface area contributed by atoms with Gasteiger partial charge in [-0.2, -0.15) is 13.2 Å². The van der Waals surface area contributed by atoms with Crippen molar-refractivity contribution in [2.75, 3.05) is 6.61 Å². The third kappa shape index (κ3) is 6.47. The van der Waals surface area contributed by atoms with E-state index in [1.165, 1.54) is 12.1 Å². The first-order valence-corrected chi connectivity index (χ1v) is 10.4. The lowest BCUT2D eigenvalue weighted by molar-refractivity contribution is -0.139. The number of hydrogen-bond acceptors (Lipinski definition) is 4. The Hall–Kier alpha value is -3.55. The second-order valence-electron chi connectivity index (χ2n) is 7.53. The number of aryl methyl sites for hydroxylation is 1. The Morgan fingerprint density at radius 1 is 1.09 bits per heavy atom. The molecule has 1 atom stereocenters. The maximum atomic E-state index is 12.8. The van der Waals surface area contributed by atoms with E-state index in [2.05, 4.69) is 4.98 Å². The van der Waals surface area contributed by atoms with Crippen molar-refractivity contribution in [3.8, 4) is 22.8 Å². The Labute approximate surface area is 189 Å². The molecule has 0 fully saturated rings. The van der Waals surface area contributed by atoms with E-state index in [9.17, 15) is 18.0 Å². The highest BCUT2D eigenvalue weighted by molar-refractivity contribution is 5.68. The molecule has 1 unspecified atom stereocenters. The molecule has 2 aromatic carbocycles. The van der Waals surface area contributed by atoms with Gasteiger partial charge in [-0.15, -0.1) is 0 Å². The molecule has 0 amide bonds. The number of carboxylic acid groups (broad SMARTS) is 1. The van der Waals surface area contributed by atoms with Gasteiger partial charge in [0.05, 0.1) is 17.0 Å². The smallest absolute Gasteiger partial charge is 0.416 e. The maximum absolute atomic E-state index is 12.8. The first kappa shape index (κ1) is 24.1.